The molecule has 0 unspecified atom stereocenters. The Kier molecular flexibility index (Phi) is 4.38. The monoisotopic (exact) mass is 292 g/mol. The Labute approximate surface area is 127 Å². The molecule has 1 aromatic carbocycles. The number of methoxy groups -OCH3 is 1. The Balaban J connectivity index is 2.28. The molecule has 0 N–H and O–H groups in total. The van der Waals surface area contributed by atoms with Gasteiger partial charge in [-0.15, -0.1) is 0 Å². The van der Waals surface area contributed by atoms with Crippen molar-refractivity contribution in [1.29, 1.82) is 0 Å². The van der Waals surface area contributed by atoms with E-state index in [9.17, 15) is 0 Å². The van der Waals surface area contributed by atoms with Crippen LogP contribution in [0.5, 0.6) is 5.75 Å². The molecule has 0 amide bonds. The highest BCUT2D eigenvalue weighted by molar-refractivity contribution is 6.62. The summed E-state index contributed by atoms with van der Waals surface area (Å²) in [5.41, 5.74) is 2.52. The van der Waals surface area contributed by atoms with Gasteiger partial charge in [0.1, 0.15) is 5.75 Å². The molecular formula is C16H25BO4. The molecule has 2 rings (SSSR count). The van der Waals surface area contributed by atoms with Crippen LogP contribution in [0, 0.1) is 13.8 Å². The summed E-state index contributed by atoms with van der Waals surface area (Å²) in [6.07, 6.45) is 0. The summed E-state index contributed by atoms with van der Waals surface area (Å²) in [5, 5.41) is 0. The zero-order valence-corrected chi connectivity index (χ0v) is 14.1. The summed E-state index contributed by atoms with van der Waals surface area (Å²) in [5.74, 6) is 0.828. The van der Waals surface area contributed by atoms with E-state index in [1.165, 1.54) is 0 Å². The van der Waals surface area contributed by atoms with Crippen LogP contribution in [0.4, 0.5) is 0 Å². The van der Waals surface area contributed by atoms with Crippen LogP contribution in [-0.2, 0) is 14.0 Å². The average molecular weight is 292 g/mol. The molecule has 1 aliphatic heterocycles. The number of rotatable bonds is 4. The third-order valence-electron chi connectivity index (χ3n) is 4.40. The van der Waals surface area contributed by atoms with Gasteiger partial charge in [0.05, 0.1) is 11.2 Å². The van der Waals surface area contributed by atoms with Gasteiger partial charge < -0.3 is 18.8 Å². The predicted octanol–water partition coefficient (Wildman–Crippen LogP) is 2.59. The summed E-state index contributed by atoms with van der Waals surface area (Å²) in [6, 6.07) is 4.08. The molecule has 1 aromatic rings. The van der Waals surface area contributed by atoms with Crippen molar-refractivity contribution in [2.45, 2.75) is 52.7 Å². The smallest absolute Gasteiger partial charge is 0.467 e. The Morgan fingerprint density at radius 1 is 1.00 bits per heavy atom. The fourth-order valence-corrected chi connectivity index (χ4v) is 2.31. The third kappa shape index (κ3) is 3.10. The van der Waals surface area contributed by atoms with Gasteiger partial charge in [0.15, 0.2) is 6.79 Å². The van der Waals surface area contributed by atoms with Crippen molar-refractivity contribution in [3.05, 3.63) is 23.3 Å². The summed E-state index contributed by atoms with van der Waals surface area (Å²) in [6.45, 7) is 12.5. The van der Waals surface area contributed by atoms with E-state index in [0.717, 1.165) is 22.3 Å². The maximum Gasteiger partial charge on any atom is 0.495 e. The van der Waals surface area contributed by atoms with Crippen molar-refractivity contribution in [2.75, 3.05) is 13.9 Å². The molecule has 5 heteroatoms. The highest BCUT2D eigenvalue weighted by Gasteiger charge is 2.52. The second kappa shape index (κ2) is 5.63. The van der Waals surface area contributed by atoms with Gasteiger partial charge in [0, 0.05) is 7.11 Å². The lowest BCUT2D eigenvalue weighted by atomic mass is 9.75. The maximum atomic E-state index is 6.12. The van der Waals surface area contributed by atoms with E-state index in [-0.39, 0.29) is 25.1 Å². The lowest BCUT2D eigenvalue weighted by Gasteiger charge is -2.32. The Bertz CT molecular complexity index is 509. The van der Waals surface area contributed by atoms with Crippen LogP contribution >= 0.6 is 0 Å². The minimum absolute atomic E-state index is 0.246. The highest BCUT2D eigenvalue weighted by atomic mass is 16.7. The van der Waals surface area contributed by atoms with Crippen LogP contribution in [0.3, 0.4) is 0 Å². The van der Waals surface area contributed by atoms with Crippen molar-refractivity contribution in [2.24, 2.45) is 0 Å². The second-order valence-electron chi connectivity index (χ2n) is 6.61. The molecule has 0 spiro atoms. The van der Waals surface area contributed by atoms with Crippen molar-refractivity contribution in [1.82, 2.24) is 0 Å². The maximum absolute atomic E-state index is 6.12. The first-order chi connectivity index (χ1) is 9.68. The first-order valence-corrected chi connectivity index (χ1v) is 7.26. The number of ether oxygens (including phenoxy) is 2. The predicted molar refractivity (Wildman–Crippen MR) is 84.1 cm³/mol. The molecule has 1 fully saturated rings. The molecular weight excluding hydrogens is 267 g/mol. The molecule has 1 saturated heterocycles. The minimum Gasteiger partial charge on any atom is -0.467 e. The molecule has 116 valence electrons. The fraction of sp³-hybridized carbons (Fsp3) is 0.625. The van der Waals surface area contributed by atoms with Gasteiger partial charge in [-0.1, -0.05) is 6.07 Å². The van der Waals surface area contributed by atoms with Gasteiger partial charge in [-0.05, 0) is 64.2 Å². The van der Waals surface area contributed by atoms with E-state index in [4.69, 9.17) is 18.8 Å². The number of hydrogen-bond acceptors (Lipinski definition) is 4. The first kappa shape index (κ1) is 16.3. The van der Waals surface area contributed by atoms with Crippen LogP contribution in [0.1, 0.15) is 38.8 Å². The van der Waals surface area contributed by atoms with Gasteiger partial charge >= 0.3 is 7.12 Å². The van der Waals surface area contributed by atoms with E-state index in [0.29, 0.717) is 0 Å². The summed E-state index contributed by atoms with van der Waals surface area (Å²) >= 11 is 0. The SMILES string of the molecule is COCOc1cc(C)c(B2OC(C)(C)C(C)(C)O2)cc1C. The van der Waals surface area contributed by atoms with E-state index >= 15 is 0 Å². The van der Waals surface area contributed by atoms with Gasteiger partial charge in [0.25, 0.3) is 0 Å². The first-order valence-electron chi connectivity index (χ1n) is 7.26. The molecule has 0 aliphatic carbocycles. The van der Waals surface area contributed by atoms with Gasteiger partial charge in [-0.2, -0.15) is 0 Å². The standard InChI is InChI=1S/C16H25BO4/c1-11-9-14(19-10-18-7)12(2)8-13(11)17-20-15(3,4)16(5,6)21-17/h8-9H,10H2,1-7H3. The summed E-state index contributed by atoms with van der Waals surface area (Å²) < 4.78 is 22.8. The van der Waals surface area contributed by atoms with Gasteiger partial charge in [0.2, 0.25) is 0 Å². The largest absolute Gasteiger partial charge is 0.495 e. The molecule has 0 atom stereocenters. The van der Waals surface area contributed by atoms with E-state index in [1.54, 1.807) is 7.11 Å². The molecule has 4 nitrogen and oxygen atoms in total. The molecule has 21 heavy (non-hydrogen) atoms. The van der Waals surface area contributed by atoms with Crippen molar-refractivity contribution in [3.63, 3.8) is 0 Å². The van der Waals surface area contributed by atoms with Crippen LogP contribution in [0.25, 0.3) is 0 Å². The molecule has 0 saturated carbocycles. The molecule has 0 aromatic heterocycles. The Hall–Kier alpha value is -1.04. The van der Waals surface area contributed by atoms with Crippen LogP contribution in [0.15, 0.2) is 12.1 Å². The Morgan fingerprint density at radius 3 is 2.10 bits per heavy atom. The van der Waals surface area contributed by atoms with E-state index in [2.05, 4.69) is 33.8 Å². The normalized spacial score (nSPS) is 19.9. The van der Waals surface area contributed by atoms with Crippen molar-refractivity contribution in [3.8, 4) is 5.75 Å². The number of aryl methyl sites for hydroxylation is 2. The second-order valence-corrected chi connectivity index (χ2v) is 6.61. The zero-order chi connectivity index (χ0) is 15.8. The summed E-state index contributed by atoms with van der Waals surface area (Å²) in [7, 11) is 1.27. The van der Waals surface area contributed by atoms with Crippen molar-refractivity contribution < 1.29 is 18.8 Å². The van der Waals surface area contributed by atoms with Gasteiger partial charge in [-0.25, -0.2) is 0 Å². The highest BCUT2D eigenvalue weighted by Crippen LogP contribution is 2.37. The van der Waals surface area contributed by atoms with Crippen LogP contribution in [0.2, 0.25) is 0 Å². The quantitative estimate of drug-likeness (QED) is 0.631. The number of benzene rings is 1. The summed E-state index contributed by atoms with van der Waals surface area (Å²) in [4.78, 5) is 0. The van der Waals surface area contributed by atoms with Crippen LogP contribution < -0.4 is 10.2 Å². The lowest BCUT2D eigenvalue weighted by molar-refractivity contribution is 0.00578. The third-order valence-corrected chi connectivity index (χ3v) is 4.40. The van der Waals surface area contributed by atoms with E-state index in [1.807, 2.05) is 19.9 Å². The fourth-order valence-electron chi connectivity index (χ4n) is 2.31. The van der Waals surface area contributed by atoms with Crippen LogP contribution in [-0.4, -0.2) is 32.2 Å². The van der Waals surface area contributed by atoms with Gasteiger partial charge in [-0.3, -0.25) is 0 Å². The van der Waals surface area contributed by atoms with Crippen molar-refractivity contribution >= 4 is 12.6 Å². The molecule has 0 bridgehead atoms. The zero-order valence-electron chi connectivity index (χ0n) is 14.1. The number of hydrogen-bond donors (Lipinski definition) is 0. The minimum atomic E-state index is -0.342. The lowest BCUT2D eigenvalue weighted by Crippen LogP contribution is -2.41. The van der Waals surface area contributed by atoms with E-state index < -0.39 is 0 Å². The Morgan fingerprint density at radius 2 is 1.57 bits per heavy atom. The topological polar surface area (TPSA) is 36.9 Å². The molecule has 0 radical (unpaired) electrons. The molecule has 1 heterocycles. The average Bonchev–Trinajstić information content (AvgIpc) is 2.59. The molecule has 1 aliphatic rings.